The summed E-state index contributed by atoms with van der Waals surface area (Å²) in [7, 11) is 0. The summed E-state index contributed by atoms with van der Waals surface area (Å²) in [6, 6.07) is 6.88. The second-order valence-corrected chi connectivity index (χ2v) is 8.75. The number of piperidine rings is 1. The maximum atomic E-state index is 13.4. The molecular weight excluding hydrogens is 462 g/mol. The third-order valence-corrected chi connectivity index (χ3v) is 6.68. The fraction of sp³-hybridized carbons (Fsp3) is 0.391. The van der Waals surface area contributed by atoms with Gasteiger partial charge in [-0.3, -0.25) is 4.79 Å². The highest BCUT2D eigenvalue weighted by Gasteiger charge is 2.50. The van der Waals surface area contributed by atoms with Gasteiger partial charge in [0, 0.05) is 29.7 Å². The lowest BCUT2D eigenvalue weighted by Crippen LogP contribution is -2.51. The van der Waals surface area contributed by atoms with Gasteiger partial charge in [0.05, 0.1) is 5.56 Å². The van der Waals surface area contributed by atoms with Crippen molar-refractivity contribution in [2.45, 2.75) is 50.2 Å². The van der Waals surface area contributed by atoms with Gasteiger partial charge in [-0.05, 0) is 48.9 Å². The fourth-order valence-corrected chi connectivity index (χ4v) is 5.18. The molecule has 1 saturated carbocycles. The monoisotopic (exact) mass is 482 g/mol. The number of anilines is 1. The maximum absolute atomic E-state index is 13.4. The number of aromatic amines is 1. The topological polar surface area (TPSA) is 61.0 Å². The molecule has 1 aliphatic heterocycles. The van der Waals surface area contributed by atoms with Gasteiger partial charge in [-0.15, -0.1) is 0 Å². The molecule has 1 aromatic carbocycles. The first kappa shape index (κ1) is 22.5. The van der Waals surface area contributed by atoms with Crippen LogP contribution in [0.25, 0.3) is 10.9 Å². The molecule has 1 amide bonds. The van der Waals surface area contributed by atoms with Crippen molar-refractivity contribution in [3.05, 3.63) is 59.4 Å². The highest BCUT2D eigenvalue weighted by molar-refractivity contribution is 5.88. The van der Waals surface area contributed by atoms with Crippen LogP contribution in [0.5, 0.6) is 0 Å². The average molecular weight is 482 g/mol. The van der Waals surface area contributed by atoms with Crippen LogP contribution in [-0.2, 0) is 23.7 Å². The lowest BCUT2D eigenvalue weighted by Gasteiger charge is -2.36. The Labute approximate surface area is 190 Å². The number of hydrogen-bond donors (Lipinski definition) is 2. The van der Waals surface area contributed by atoms with Crippen molar-refractivity contribution < 1.29 is 31.1 Å². The van der Waals surface area contributed by atoms with Crippen LogP contribution in [0.1, 0.15) is 36.1 Å². The smallest absolute Gasteiger partial charge is 0.361 e. The van der Waals surface area contributed by atoms with E-state index in [4.69, 9.17) is 0 Å². The van der Waals surface area contributed by atoms with Gasteiger partial charge in [0.2, 0.25) is 5.91 Å². The number of H-pyrrole nitrogens is 1. The molecule has 180 valence electrons. The normalized spacial score (nSPS) is 22.5. The first-order valence-corrected chi connectivity index (χ1v) is 10.8. The van der Waals surface area contributed by atoms with E-state index in [0.29, 0.717) is 25.3 Å². The lowest BCUT2D eigenvalue weighted by molar-refractivity contribution is -0.145. The average Bonchev–Trinajstić information content (AvgIpc) is 3.50. The van der Waals surface area contributed by atoms with Crippen LogP contribution in [0.3, 0.4) is 0 Å². The summed E-state index contributed by atoms with van der Waals surface area (Å²) in [6.07, 6.45) is -6.50. The summed E-state index contributed by atoms with van der Waals surface area (Å²) in [5.74, 6) is -1.08. The van der Waals surface area contributed by atoms with E-state index in [1.54, 1.807) is 6.20 Å². The molecule has 34 heavy (non-hydrogen) atoms. The Balaban J connectivity index is 1.45. The maximum Gasteiger partial charge on any atom is 0.433 e. The van der Waals surface area contributed by atoms with Crippen molar-refractivity contribution in [3.63, 3.8) is 0 Å². The number of amides is 1. The predicted molar refractivity (Wildman–Crippen MR) is 112 cm³/mol. The predicted octanol–water partition coefficient (Wildman–Crippen LogP) is 5.27. The Morgan fingerprint density at radius 1 is 1.09 bits per heavy atom. The third-order valence-electron chi connectivity index (χ3n) is 6.68. The second kappa shape index (κ2) is 7.92. The van der Waals surface area contributed by atoms with E-state index in [9.17, 15) is 31.1 Å². The largest absolute Gasteiger partial charge is 0.433 e. The Hall–Kier alpha value is -3.24. The molecule has 2 bridgehead atoms. The standard InChI is InChI=1S/C23H20F6N4O/c24-22(25,26)14-8-18(23(27,28)29)32-19(9-14)33-15-6-5-12(7-15)20(33)21(34)31-11-13-10-30-17-4-2-1-3-16(13)17/h1-4,8-10,12,15,20,30H,5-7,11H2,(H,31,34)/t12-,15+,20-/m0/s1. The molecule has 0 unspecified atom stereocenters. The Morgan fingerprint density at radius 3 is 2.59 bits per heavy atom. The lowest BCUT2D eigenvalue weighted by atomic mass is 9.97. The number of carbonyl (C=O) groups excluding carboxylic acids is 1. The summed E-state index contributed by atoms with van der Waals surface area (Å²) in [5.41, 5.74) is -1.35. The number of nitrogens with one attached hydrogen (secondary N) is 2. The first-order valence-electron chi connectivity index (χ1n) is 10.8. The number of halogens is 6. The van der Waals surface area contributed by atoms with E-state index in [0.717, 1.165) is 16.5 Å². The van der Waals surface area contributed by atoms with Crippen molar-refractivity contribution in [2.24, 2.45) is 5.92 Å². The number of fused-ring (bicyclic) bond motifs is 3. The van der Waals surface area contributed by atoms with Crippen molar-refractivity contribution in [1.82, 2.24) is 15.3 Å². The molecule has 1 saturated heterocycles. The van der Waals surface area contributed by atoms with Crippen molar-refractivity contribution >= 4 is 22.6 Å². The van der Waals surface area contributed by atoms with E-state index < -0.39 is 41.4 Å². The molecule has 0 radical (unpaired) electrons. The van der Waals surface area contributed by atoms with Gasteiger partial charge in [-0.2, -0.15) is 26.3 Å². The number of alkyl halides is 6. The van der Waals surface area contributed by atoms with Crippen LogP contribution < -0.4 is 10.2 Å². The Kier molecular flexibility index (Phi) is 5.25. The molecule has 11 heteroatoms. The molecule has 2 fully saturated rings. The third kappa shape index (κ3) is 3.97. The number of carbonyl (C=O) groups is 1. The Morgan fingerprint density at radius 2 is 1.85 bits per heavy atom. The van der Waals surface area contributed by atoms with Crippen LogP contribution in [0.15, 0.2) is 42.6 Å². The number of nitrogens with zero attached hydrogens (tertiary/aromatic N) is 2. The number of para-hydroxylation sites is 1. The zero-order valence-corrected chi connectivity index (χ0v) is 17.7. The molecular formula is C23H20F6N4O. The molecule has 2 aliphatic rings. The minimum atomic E-state index is -5.05. The molecule has 1 aliphatic carbocycles. The van der Waals surface area contributed by atoms with Gasteiger partial charge in [0.25, 0.3) is 0 Å². The Bertz CT molecular complexity index is 1200. The van der Waals surface area contributed by atoms with Gasteiger partial charge in [-0.25, -0.2) is 4.98 Å². The van der Waals surface area contributed by atoms with Gasteiger partial charge < -0.3 is 15.2 Å². The van der Waals surface area contributed by atoms with Crippen LogP contribution in [0.2, 0.25) is 0 Å². The van der Waals surface area contributed by atoms with Crippen LogP contribution in [0.4, 0.5) is 32.2 Å². The van der Waals surface area contributed by atoms with E-state index in [2.05, 4.69) is 15.3 Å². The summed E-state index contributed by atoms with van der Waals surface area (Å²) in [6.45, 7) is 0.175. The van der Waals surface area contributed by atoms with Gasteiger partial charge >= 0.3 is 12.4 Å². The molecule has 3 heterocycles. The zero-order chi connectivity index (χ0) is 24.3. The fourth-order valence-electron chi connectivity index (χ4n) is 5.18. The molecule has 2 aromatic heterocycles. The van der Waals surface area contributed by atoms with E-state index in [1.807, 2.05) is 24.3 Å². The highest BCUT2D eigenvalue weighted by atomic mass is 19.4. The number of benzene rings is 1. The number of hydrogen-bond acceptors (Lipinski definition) is 3. The van der Waals surface area contributed by atoms with Gasteiger partial charge in [0.15, 0.2) is 0 Å². The zero-order valence-electron chi connectivity index (χ0n) is 17.7. The van der Waals surface area contributed by atoms with Crippen LogP contribution in [0, 0.1) is 5.92 Å². The minimum absolute atomic E-state index is 0.00389. The summed E-state index contributed by atoms with van der Waals surface area (Å²) >= 11 is 0. The number of pyridine rings is 1. The summed E-state index contributed by atoms with van der Waals surface area (Å²) in [5, 5.41) is 3.74. The highest BCUT2D eigenvalue weighted by Crippen LogP contribution is 2.46. The van der Waals surface area contributed by atoms with Gasteiger partial charge in [0.1, 0.15) is 17.6 Å². The van der Waals surface area contributed by atoms with E-state index in [1.165, 1.54) is 4.90 Å². The molecule has 3 aromatic rings. The summed E-state index contributed by atoms with van der Waals surface area (Å²) < 4.78 is 80.2. The van der Waals surface area contributed by atoms with Crippen molar-refractivity contribution in [1.29, 1.82) is 0 Å². The molecule has 5 nitrogen and oxygen atoms in total. The quantitative estimate of drug-likeness (QED) is 0.498. The number of rotatable bonds is 4. The van der Waals surface area contributed by atoms with Crippen LogP contribution >= 0.6 is 0 Å². The van der Waals surface area contributed by atoms with Crippen molar-refractivity contribution in [2.75, 3.05) is 4.90 Å². The first-order chi connectivity index (χ1) is 16.0. The molecule has 2 N–H and O–H groups in total. The molecule has 3 atom stereocenters. The second-order valence-electron chi connectivity index (χ2n) is 8.75. The molecule has 0 spiro atoms. The van der Waals surface area contributed by atoms with Crippen molar-refractivity contribution in [3.8, 4) is 0 Å². The minimum Gasteiger partial charge on any atom is -0.361 e. The SMILES string of the molecule is O=C(NCc1c[nH]c2ccccc12)[C@@H]1[C@H]2CC[C@H](C2)N1c1cc(C(F)(F)F)cc(C(F)(F)F)n1. The van der Waals surface area contributed by atoms with Gasteiger partial charge in [-0.1, -0.05) is 18.2 Å². The molecule has 5 rings (SSSR count). The summed E-state index contributed by atoms with van der Waals surface area (Å²) in [4.78, 5) is 21.1. The number of aromatic nitrogens is 2. The van der Waals surface area contributed by atoms with E-state index in [-0.39, 0.29) is 24.6 Å². The van der Waals surface area contributed by atoms with Crippen LogP contribution in [-0.4, -0.2) is 28.0 Å². The van der Waals surface area contributed by atoms with E-state index >= 15 is 0 Å².